The maximum atomic E-state index is 14.0. The molecule has 0 fully saturated rings. The van der Waals surface area contributed by atoms with Crippen LogP contribution in [0.5, 0.6) is 0 Å². The summed E-state index contributed by atoms with van der Waals surface area (Å²) in [6, 6.07) is 1.44. The molecule has 0 saturated heterocycles. The second kappa shape index (κ2) is 4.05. The number of nitrogens with two attached hydrogens (primary N) is 1. The number of nitrogens with zero attached hydrogens (tertiary/aromatic N) is 1. The van der Waals surface area contributed by atoms with Crippen molar-refractivity contribution in [3.63, 3.8) is 0 Å². The first-order valence-corrected chi connectivity index (χ1v) is 6.59. The van der Waals surface area contributed by atoms with Crippen molar-refractivity contribution < 1.29 is 21.7 Å². The molecule has 2 rings (SSSR count). The normalized spacial score (nSPS) is 11.7. The number of hydrogen-bond donors (Lipinski definition) is 1. The Labute approximate surface area is 101 Å². The molecule has 18 heavy (non-hydrogen) atoms. The van der Waals surface area contributed by atoms with Crippen LogP contribution >= 0.6 is 0 Å². The fourth-order valence-corrected chi connectivity index (χ4v) is 2.24. The van der Waals surface area contributed by atoms with Crippen molar-refractivity contribution in [2.24, 2.45) is 0 Å². The summed E-state index contributed by atoms with van der Waals surface area (Å²) in [4.78, 5) is -0.738. The molecule has 1 aromatic carbocycles. The molecule has 2 N–H and O–H groups in total. The van der Waals surface area contributed by atoms with Crippen LogP contribution in [0.15, 0.2) is 27.7 Å². The fourth-order valence-electron chi connectivity index (χ4n) is 1.48. The number of rotatable bonds is 2. The molecular weight excluding hydrogens is 266 g/mol. The average Bonchev–Trinajstić information content (AvgIpc) is 2.66. The molecule has 0 aliphatic carbocycles. The van der Waals surface area contributed by atoms with Crippen LogP contribution in [0, 0.1) is 11.6 Å². The van der Waals surface area contributed by atoms with Crippen LogP contribution in [-0.4, -0.2) is 19.8 Å². The van der Waals surface area contributed by atoms with Crippen LogP contribution in [0.25, 0.3) is 11.1 Å². The van der Waals surface area contributed by atoms with Gasteiger partial charge in [-0.3, -0.25) is 0 Å². The second-order valence-electron chi connectivity index (χ2n) is 3.64. The molecule has 5 nitrogen and oxygen atoms in total. The minimum absolute atomic E-state index is 0.00287. The van der Waals surface area contributed by atoms with Crippen molar-refractivity contribution >= 4 is 15.7 Å². The van der Waals surface area contributed by atoms with Gasteiger partial charge in [-0.1, -0.05) is 5.16 Å². The van der Waals surface area contributed by atoms with Crippen LogP contribution in [0.3, 0.4) is 0 Å². The van der Waals surface area contributed by atoms with Crippen molar-refractivity contribution in [1.29, 1.82) is 0 Å². The first kappa shape index (κ1) is 12.5. The molecule has 0 atom stereocenters. The third kappa shape index (κ3) is 2.06. The smallest absolute Gasteiger partial charge is 0.230 e. The molecule has 0 aliphatic heterocycles. The lowest BCUT2D eigenvalue weighted by atomic mass is 10.1. The van der Waals surface area contributed by atoms with Gasteiger partial charge in [0.05, 0.1) is 11.8 Å². The van der Waals surface area contributed by atoms with E-state index in [1.165, 1.54) is 0 Å². The van der Waals surface area contributed by atoms with E-state index in [4.69, 9.17) is 5.73 Å². The minimum atomic E-state index is -3.89. The van der Waals surface area contributed by atoms with Gasteiger partial charge < -0.3 is 10.3 Å². The number of halogens is 2. The molecule has 96 valence electrons. The number of benzene rings is 1. The topological polar surface area (TPSA) is 86.2 Å². The van der Waals surface area contributed by atoms with Gasteiger partial charge >= 0.3 is 0 Å². The summed E-state index contributed by atoms with van der Waals surface area (Å²) in [5.74, 6) is -2.21. The summed E-state index contributed by atoms with van der Waals surface area (Å²) in [6.45, 7) is 0. The quantitative estimate of drug-likeness (QED) is 0.899. The molecule has 0 amide bonds. The predicted octanol–water partition coefficient (Wildman–Crippen LogP) is 1.61. The molecule has 2 aromatic rings. The van der Waals surface area contributed by atoms with E-state index < -0.39 is 26.4 Å². The highest BCUT2D eigenvalue weighted by atomic mass is 32.2. The highest BCUT2D eigenvalue weighted by Crippen LogP contribution is 2.31. The maximum Gasteiger partial charge on any atom is 0.230 e. The van der Waals surface area contributed by atoms with Gasteiger partial charge in [0, 0.05) is 11.8 Å². The average molecular weight is 274 g/mol. The summed E-state index contributed by atoms with van der Waals surface area (Å²) in [7, 11) is -3.89. The van der Waals surface area contributed by atoms with Crippen LogP contribution < -0.4 is 5.73 Å². The lowest BCUT2D eigenvalue weighted by Crippen LogP contribution is -2.03. The van der Waals surface area contributed by atoms with E-state index >= 15 is 0 Å². The van der Waals surface area contributed by atoms with Crippen molar-refractivity contribution in [3.8, 4) is 11.1 Å². The van der Waals surface area contributed by atoms with Gasteiger partial charge in [0.25, 0.3) is 0 Å². The van der Waals surface area contributed by atoms with Gasteiger partial charge in [-0.05, 0) is 12.1 Å². The lowest BCUT2D eigenvalue weighted by Gasteiger charge is -2.06. The molecule has 0 unspecified atom stereocenters. The van der Waals surface area contributed by atoms with Crippen LogP contribution in [-0.2, 0) is 9.84 Å². The first-order valence-electron chi connectivity index (χ1n) is 4.70. The predicted molar refractivity (Wildman–Crippen MR) is 59.4 cm³/mol. The molecule has 0 saturated carbocycles. The zero-order chi connectivity index (χ0) is 13.5. The van der Waals surface area contributed by atoms with Crippen LogP contribution in [0.4, 0.5) is 14.7 Å². The molecule has 0 spiro atoms. The summed E-state index contributed by atoms with van der Waals surface area (Å²) >= 11 is 0. The van der Waals surface area contributed by atoms with E-state index in [9.17, 15) is 17.2 Å². The number of nitrogen functional groups attached to an aromatic ring is 1. The SMILES string of the molecule is CS(=O)(=O)c1cc(F)cc(-c2cnoc2N)c1F. The standard InChI is InChI=1S/C10H8F2N2O3S/c1-18(15,16)8-3-5(11)2-6(9(8)12)7-4-14-17-10(7)13/h2-4H,13H2,1H3. The molecule has 1 heterocycles. The summed E-state index contributed by atoms with van der Waals surface area (Å²) in [5, 5.41) is 3.32. The van der Waals surface area contributed by atoms with Gasteiger partial charge in [0.1, 0.15) is 16.5 Å². The van der Waals surface area contributed by atoms with E-state index in [-0.39, 0.29) is 17.0 Å². The Kier molecular flexibility index (Phi) is 2.81. The Bertz CT molecular complexity index is 710. The van der Waals surface area contributed by atoms with E-state index in [0.29, 0.717) is 6.07 Å². The highest BCUT2D eigenvalue weighted by Gasteiger charge is 2.22. The third-order valence-electron chi connectivity index (χ3n) is 2.29. The highest BCUT2D eigenvalue weighted by molar-refractivity contribution is 7.90. The Balaban J connectivity index is 2.78. The second-order valence-corrected chi connectivity index (χ2v) is 5.63. The number of sulfone groups is 1. The third-order valence-corrected chi connectivity index (χ3v) is 3.39. The zero-order valence-corrected chi connectivity index (χ0v) is 9.96. The molecular formula is C10H8F2N2O3S. The summed E-state index contributed by atoms with van der Waals surface area (Å²) in [6.07, 6.45) is 1.87. The maximum absolute atomic E-state index is 14.0. The van der Waals surface area contributed by atoms with E-state index in [0.717, 1.165) is 18.5 Å². The van der Waals surface area contributed by atoms with Crippen LogP contribution in [0.1, 0.15) is 0 Å². The Hall–Kier alpha value is -1.96. The molecule has 1 aromatic heterocycles. The Morgan fingerprint density at radius 1 is 1.28 bits per heavy atom. The van der Waals surface area contributed by atoms with E-state index in [1.54, 1.807) is 0 Å². The summed E-state index contributed by atoms with van der Waals surface area (Å²) in [5.41, 5.74) is 5.07. The lowest BCUT2D eigenvalue weighted by molar-refractivity contribution is 0.436. The number of hydrogen-bond acceptors (Lipinski definition) is 5. The first-order chi connectivity index (χ1) is 8.30. The Morgan fingerprint density at radius 2 is 1.94 bits per heavy atom. The summed E-state index contributed by atoms with van der Waals surface area (Å²) < 4.78 is 54.6. The number of aromatic nitrogens is 1. The van der Waals surface area contributed by atoms with Gasteiger partial charge in [0.2, 0.25) is 5.88 Å². The van der Waals surface area contributed by atoms with Gasteiger partial charge in [-0.2, -0.15) is 0 Å². The van der Waals surface area contributed by atoms with Crippen molar-refractivity contribution in [2.75, 3.05) is 12.0 Å². The van der Waals surface area contributed by atoms with E-state index in [1.807, 2.05) is 0 Å². The fraction of sp³-hybridized carbons (Fsp3) is 0.100. The number of anilines is 1. The molecule has 0 bridgehead atoms. The zero-order valence-electron chi connectivity index (χ0n) is 9.15. The van der Waals surface area contributed by atoms with Gasteiger partial charge in [0.15, 0.2) is 9.84 Å². The van der Waals surface area contributed by atoms with E-state index in [2.05, 4.69) is 9.68 Å². The monoisotopic (exact) mass is 274 g/mol. The largest absolute Gasteiger partial charge is 0.367 e. The van der Waals surface area contributed by atoms with Gasteiger partial charge in [-0.15, -0.1) is 0 Å². The van der Waals surface area contributed by atoms with Crippen molar-refractivity contribution in [1.82, 2.24) is 5.16 Å². The van der Waals surface area contributed by atoms with Crippen molar-refractivity contribution in [3.05, 3.63) is 30.0 Å². The van der Waals surface area contributed by atoms with Crippen LogP contribution in [0.2, 0.25) is 0 Å². The Morgan fingerprint density at radius 3 is 2.44 bits per heavy atom. The molecule has 0 aliphatic rings. The van der Waals surface area contributed by atoms with Gasteiger partial charge in [-0.25, -0.2) is 17.2 Å². The minimum Gasteiger partial charge on any atom is -0.367 e. The molecule has 8 heteroatoms. The van der Waals surface area contributed by atoms with Crippen molar-refractivity contribution in [2.45, 2.75) is 4.90 Å². The molecule has 0 radical (unpaired) electrons.